The molecule has 0 heteroatoms. The summed E-state index contributed by atoms with van der Waals surface area (Å²) >= 11 is 0. The first-order valence-corrected chi connectivity index (χ1v) is 14.6. The smallest absolute Gasteiger partial charge is 0.00134 e. The van der Waals surface area contributed by atoms with E-state index in [0.717, 1.165) is 11.8 Å². The number of fused-ring (bicyclic) bond motifs is 5. The third kappa shape index (κ3) is 3.02. The van der Waals surface area contributed by atoms with E-state index in [0.29, 0.717) is 38.4 Å². The van der Waals surface area contributed by atoms with Crippen LogP contribution >= 0.6 is 0 Å². The Kier molecular flexibility index (Phi) is 6.08. The van der Waals surface area contributed by atoms with Crippen LogP contribution in [0.3, 0.4) is 0 Å². The second-order valence-electron chi connectivity index (χ2n) is 15.3. The minimum Gasteiger partial charge on any atom is -0.0996 e. The first-order chi connectivity index (χ1) is 15.5. The molecule has 0 spiro atoms. The summed E-state index contributed by atoms with van der Waals surface area (Å²) in [7, 11) is 0. The van der Waals surface area contributed by atoms with Crippen LogP contribution in [0.15, 0.2) is 35.5 Å². The highest BCUT2D eigenvalue weighted by Crippen LogP contribution is 2.77. The van der Waals surface area contributed by atoms with Gasteiger partial charge in [0.2, 0.25) is 0 Å². The molecular weight excluding hydrogens is 408 g/mol. The number of allylic oxidation sites excluding steroid dienone is 5. The van der Waals surface area contributed by atoms with Gasteiger partial charge in [-0.05, 0) is 113 Å². The standard InChI is InChI=1S/C34H56/c1-23(2)24(3)13-14-26(5)30(8)21-22-32(10)28-16-19-33(11)29(6,7)25(4)15-18-31(33,9)27(28)17-20-34(30,32)12/h16-17,23,25-26H,3,13-15,18-22H2,1-2,4-12H3/t25-,26?,30+,31+,32-,33-,34+/m0/s1. The Morgan fingerprint density at radius 3 is 1.94 bits per heavy atom. The van der Waals surface area contributed by atoms with Crippen molar-refractivity contribution in [2.45, 2.75) is 128 Å². The fraction of sp³-hybridized carbons (Fsp3) is 0.824. The van der Waals surface area contributed by atoms with Gasteiger partial charge in [-0.25, -0.2) is 0 Å². The molecule has 1 unspecified atom stereocenters. The van der Waals surface area contributed by atoms with Crippen molar-refractivity contribution in [3.63, 3.8) is 0 Å². The molecule has 4 aliphatic carbocycles. The minimum absolute atomic E-state index is 0.298. The Balaban J connectivity index is 1.72. The van der Waals surface area contributed by atoms with Crippen LogP contribution in [-0.2, 0) is 0 Å². The van der Waals surface area contributed by atoms with Crippen LogP contribution in [0.2, 0.25) is 0 Å². The van der Waals surface area contributed by atoms with Crippen molar-refractivity contribution in [2.75, 3.05) is 0 Å². The lowest BCUT2D eigenvalue weighted by Crippen LogP contribution is -2.59. The molecule has 4 rings (SSSR count). The predicted molar refractivity (Wildman–Crippen MR) is 150 cm³/mol. The van der Waals surface area contributed by atoms with Gasteiger partial charge < -0.3 is 0 Å². The monoisotopic (exact) mass is 464 g/mol. The molecule has 2 fully saturated rings. The summed E-state index contributed by atoms with van der Waals surface area (Å²) in [5.74, 6) is 2.13. The van der Waals surface area contributed by atoms with Gasteiger partial charge in [-0.15, -0.1) is 0 Å². The van der Waals surface area contributed by atoms with Crippen molar-refractivity contribution >= 4 is 0 Å². The Hall–Kier alpha value is -0.780. The Bertz CT molecular complexity index is 912. The largest absolute Gasteiger partial charge is 0.0996 e. The SMILES string of the molecule is C=C(CCC(C)[C@@]1(C)CC[C@@]2(C)C3=CC[C@@]4(C)C(C)(C)[C@@H](C)CC[C@]4(C)C3=CC[C@@]21C)C(C)C. The summed E-state index contributed by atoms with van der Waals surface area (Å²) in [6.07, 6.45) is 15.9. The average Bonchev–Trinajstić information content (AvgIpc) is 2.99. The lowest BCUT2D eigenvalue weighted by atomic mass is 9.37. The van der Waals surface area contributed by atoms with E-state index in [-0.39, 0.29) is 0 Å². The van der Waals surface area contributed by atoms with Gasteiger partial charge in [-0.3, -0.25) is 0 Å². The molecule has 0 amide bonds. The zero-order valence-corrected chi connectivity index (χ0v) is 24.8. The average molecular weight is 465 g/mol. The van der Waals surface area contributed by atoms with E-state index in [1.165, 1.54) is 56.9 Å². The molecule has 0 nitrogen and oxygen atoms in total. The Morgan fingerprint density at radius 1 is 0.853 bits per heavy atom. The fourth-order valence-electron chi connectivity index (χ4n) is 9.58. The Labute approximate surface area is 213 Å². The normalized spacial score (nSPS) is 46.2. The molecule has 4 aliphatic rings. The fourth-order valence-corrected chi connectivity index (χ4v) is 9.58. The second-order valence-corrected chi connectivity index (χ2v) is 15.3. The van der Waals surface area contributed by atoms with E-state index in [9.17, 15) is 0 Å². The molecule has 192 valence electrons. The van der Waals surface area contributed by atoms with Gasteiger partial charge in [0.25, 0.3) is 0 Å². The zero-order valence-electron chi connectivity index (χ0n) is 24.8. The summed E-state index contributed by atoms with van der Waals surface area (Å²) in [6.45, 7) is 32.5. The minimum atomic E-state index is 0.298. The van der Waals surface area contributed by atoms with Crippen LogP contribution in [0.1, 0.15) is 128 Å². The zero-order chi connectivity index (χ0) is 25.5. The summed E-state index contributed by atoms with van der Waals surface area (Å²) in [5, 5.41) is 0. The topological polar surface area (TPSA) is 0 Å². The van der Waals surface area contributed by atoms with Gasteiger partial charge in [0.15, 0.2) is 0 Å². The van der Waals surface area contributed by atoms with Crippen LogP contribution in [0.25, 0.3) is 0 Å². The molecule has 7 atom stereocenters. The maximum atomic E-state index is 4.39. The van der Waals surface area contributed by atoms with Crippen LogP contribution in [0, 0.1) is 50.2 Å². The quantitative estimate of drug-likeness (QED) is 0.355. The third-order valence-electron chi connectivity index (χ3n) is 14.3. The maximum Gasteiger partial charge on any atom is -0.00134 e. The van der Waals surface area contributed by atoms with E-state index >= 15 is 0 Å². The molecule has 34 heavy (non-hydrogen) atoms. The number of hydrogen-bond acceptors (Lipinski definition) is 0. The number of rotatable bonds is 5. The lowest BCUT2D eigenvalue weighted by Gasteiger charge is -2.67. The highest BCUT2D eigenvalue weighted by Gasteiger charge is 2.68. The summed E-state index contributed by atoms with van der Waals surface area (Å²) < 4.78 is 0. The third-order valence-corrected chi connectivity index (χ3v) is 14.3. The van der Waals surface area contributed by atoms with E-state index in [1.54, 1.807) is 11.1 Å². The molecule has 0 aromatic rings. The Morgan fingerprint density at radius 2 is 1.38 bits per heavy atom. The lowest BCUT2D eigenvalue weighted by molar-refractivity contribution is -0.110. The van der Waals surface area contributed by atoms with Gasteiger partial charge in [-0.2, -0.15) is 0 Å². The van der Waals surface area contributed by atoms with E-state index in [1.807, 2.05) is 0 Å². The summed E-state index contributed by atoms with van der Waals surface area (Å²) in [6, 6.07) is 0. The first-order valence-electron chi connectivity index (χ1n) is 14.6. The van der Waals surface area contributed by atoms with Crippen molar-refractivity contribution in [1.29, 1.82) is 0 Å². The molecule has 0 bridgehead atoms. The molecule has 0 aromatic carbocycles. The van der Waals surface area contributed by atoms with E-state index in [4.69, 9.17) is 0 Å². The molecule has 0 aromatic heterocycles. The van der Waals surface area contributed by atoms with Gasteiger partial charge in [0.05, 0.1) is 0 Å². The molecule has 0 aliphatic heterocycles. The molecule has 2 saturated carbocycles. The first kappa shape index (κ1) is 26.3. The van der Waals surface area contributed by atoms with Gasteiger partial charge in [0, 0.05) is 0 Å². The molecular formula is C34H56. The molecule has 0 saturated heterocycles. The van der Waals surface area contributed by atoms with Crippen molar-refractivity contribution in [3.05, 3.63) is 35.5 Å². The van der Waals surface area contributed by atoms with Gasteiger partial charge in [0.1, 0.15) is 0 Å². The highest BCUT2D eigenvalue weighted by molar-refractivity contribution is 5.51. The van der Waals surface area contributed by atoms with E-state index in [2.05, 4.69) is 94.9 Å². The van der Waals surface area contributed by atoms with Crippen molar-refractivity contribution in [3.8, 4) is 0 Å². The van der Waals surface area contributed by atoms with Gasteiger partial charge >= 0.3 is 0 Å². The number of hydrogen-bond donors (Lipinski definition) is 0. The molecule has 0 N–H and O–H groups in total. The van der Waals surface area contributed by atoms with Crippen molar-refractivity contribution in [1.82, 2.24) is 0 Å². The summed E-state index contributed by atoms with van der Waals surface area (Å²) in [5.41, 5.74) is 6.96. The predicted octanol–water partition coefficient (Wildman–Crippen LogP) is 10.6. The van der Waals surface area contributed by atoms with Crippen LogP contribution in [0.4, 0.5) is 0 Å². The second kappa shape index (κ2) is 7.86. The van der Waals surface area contributed by atoms with Crippen molar-refractivity contribution in [2.24, 2.45) is 50.2 Å². The van der Waals surface area contributed by atoms with Crippen LogP contribution in [-0.4, -0.2) is 0 Å². The van der Waals surface area contributed by atoms with Crippen molar-refractivity contribution < 1.29 is 0 Å². The van der Waals surface area contributed by atoms with Gasteiger partial charge in [-0.1, -0.05) is 100 Å². The van der Waals surface area contributed by atoms with E-state index < -0.39 is 0 Å². The molecule has 0 radical (unpaired) electrons. The molecule has 0 heterocycles. The summed E-state index contributed by atoms with van der Waals surface area (Å²) in [4.78, 5) is 0. The highest BCUT2D eigenvalue weighted by atomic mass is 14.7. The van der Waals surface area contributed by atoms with Crippen LogP contribution < -0.4 is 0 Å². The maximum absolute atomic E-state index is 4.39. The van der Waals surface area contributed by atoms with Crippen LogP contribution in [0.5, 0.6) is 0 Å².